The minimum Gasteiger partial charge on any atom is -0.496 e. The van der Waals surface area contributed by atoms with Gasteiger partial charge < -0.3 is 9.47 Å². The Morgan fingerprint density at radius 3 is 2.83 bits per heavy atom. The standard InChI is InChI=1S/C14H19NO3/c1-4-10(2)12-9-11(5-6-13(12)17-3)15-7-8-18-14(15)16/h5-6,9-10H,4,7-8H2,1-3H3. The first-order valence-electron chi connectivity index (χ1n) is 6.29. The fourth-order valence-corrected chi connectivity index (χ4v) is 2.12. The van der Waals surface area contributed by atoms with Crippen molar-refractivity contribution in [3.05, 3.63) is 23.8 Å². The van der Waals surface area contributed by atoms with E-state index in [1.54, 1.807) is 12.0 Å². The summed E-state index contributed by atoms with van der Waals surface area (Å²) in [6.45, 7) is 5.37. The first kappa shape index (κ1) is 12.7. The molecule has 0 saturated carbocycles. The van der Waals surface area contributed by atoms with Crippen LogP contribution in [-0.4, -0.2) is 26.4 Å². The normalized spacial score (nSPS) is 16.6. The molecule has 1 aliphatic heterocycles. The molecule has 0 aromatic heterocycles. The molecule has 1 unspecified atom stereocenters. The van der Waals surface area contributed by atoms with Crippen LogP contribution in [-0.2, 0) is 4.74 Å². The first-order valence-corrected chi connectivity index (χ1v) is 6.29. The molecule has 2 rings (SSSR count). The zero-order valence-electron chi connectivity index (χ0n) is 11.1. The molecule has 0 N–H and O–H groups in total. The lowest BCUT2D eigenvalue weighted by molar-refractivity contribution is 0.181. The maximum atomic E-state index is 11.6. The maximum absolute atomic E-state index is 11.6. The van der Waals surface area contributed by atoms with Gasteiger partial charge in [-0.25, -0.2) is 4.79 Å². The third-order valence-corrected chi connectivity index (χ3v) is 3.43. The number of benzene rings is 1. The highest BCUT2D eigenvalue weighted by Crippen LogP contribution is 2.33. The Hall–Kier alpha value is -1.71. The summed E-state index contributed by atoms with van der Waals surface area (Å²) in [5, 5.41) is 0. The topological polar surface area (TPSA) is 38.8 Å². The summed E-state index contributed by atoms with van der Waals surface area (Å²) >= 11 is 0. The van der Waals surface area contributed by atoms with Gasteiger partial charge in [0.25, 0.3) is 0 Å². The molecule has 1 aromatic carbocycles. The quantitative estimate of drug-likeness (QED) is 0.822. The van der Waals surface area contributed by atoms with E-state index in [9.17, 15) is 4.79 Å². The number of anilines is 1. The summed E-state index contributed by atoms with van der Waals surface area (Å²) in [4.78, 5) is 13.2. The second kappa shape index (κ2) is 5.29. The predicted octanol–water partition coefficient (Wildman–Crippen LogP) is 3.17. The Labute approximate surface area is 107 Å². The highest BCUT2D eigenvalue weighted by Gasteiger charge is 2.24. The average Bonchev–Trinajstić information content (AvgIpc) is 2.83. The SMILES string of the molecule is CCC(C)c1cc(N2CCOC2=O)ccc1OC. The lowest BCUT2D eigenvalue weighted by Gasteiger charge is -2.19. The number of carbonyl (C=O) groups excluding carboxylic acids is 1. The van der Waals surface area contributed by atoms with Gasteiger partial charge in [0.15, 0.2) is 0 Å². The van der Waals surface area contributed by atoms with Crippen LogP contribution in [0.1, 0.15) is 31.7 Å². The van der Waals surface area contributed by atoms with Crippen molar-refractivity contribution in [3.8, 4) is 5.75 Å². The first-order chi connectivity index (χ1) is 8.67. The third-order valence-electron chi connectivity index (χ3n) is 3.43. The van der Waals surface area contributed by atoms with E-state index < -0.39 is 0 Å². The number of nitrogens with zero attached hydrogens (tertiary/aromatic N) is 1. The minimum absolute atomic E-state index is 0.268. The van der Waals surface area contributed by atoms with Crippen molar-refractivity contribution in [1.29, 1.82) is 0 Å². The van der Waals surface area contributed by atoms with Crippen molar-refractivity contribution in [2.75, 3.05) is 25.2 Å². The molecule has 1 aliphatic rings. The monoisotopic (exact) mass is 249 g/mol. The summed E-state index contributed by atoms with van der Waals surface area (Å²) < 4.78 is 10.3. The van der Waals surface area contributed by atoms with Crippen molar-refractivity contribution < 1.29 is 14.3 Å². The van der Waals surface area contributed by atoms with Crippen molar-refractivity contribution in [1.82, 2.24) is 0 Å². The molecule has 1 saturated heterocycles. The Morgan fingerprint density at radius 1 is 1.50 bits per heavy atom. The number of carbonyl (C=O) groups is 1. The second-order valence-corrected chi connectivity index (χ2v) is 4.50. The van der Waals surface area contributed by atoms with E-state index >= 15 is 0 Å². The predicted molar refractivity (Wildman–Crippen MR) is 70.4 cm³/mol. The molecule has 0 spiro atoms. The van der Waals surface area contributed by atoms with Gasteiger partial charge in [0.05, 0.1) is 13.7 Å². The number of cyclic esters (lactones) is 1. The van der Waals surface area contributed by atoms with Crippen molar-refractivity contribution >= 4 is 11.8 Å². The third kappa shape index (κ3) is 2.28. The molecule has 1 aromatic rings. The van der Waals surface area contributed by atoms with Crippen LogP contribution in [0.2, 0.25) is 0 Å². The van der Waals surface area contributed by atoms with Gasteiger partial charge in [-0.3, -0.25) is 4.90 Å². The van der Waals surface area contributed by atoms with Gasteiger partial charge in [-0.1, -0.05) is 13.8 Å². The van der Waals surface area contributed by atoms with E-state index in [0.29, 0.717) is 19.1 Å². The Kier molecular flexibility index (Phi) is 3.75. The van der Waals surface area contributed by atoms with E-state index in [4.69, 9.17) is 9.47 Å². The van der Waals surface area contributed by atoms with Gasteiger partial charge in [-0.05, 0) is 36.1 Å². The van der Waals surface area contributed by atoms with Gasteiger partial charge in [0.1, 0.15) is 12.4 Å². The van der Waals surface area contributed by atoms with Gasteiger partial charge in [-0.15, -0.1) is 0 Å². The molecule has 0 aliphatic carbocycles. The fraction of sp³-hybridized carbons (Fsp3) is 0.500. The second-order valence-electron chi connectivity index (χ2n) is 4.50. The molecule has 1 amide bonds. The average molecular weight is 249 g/mol. The fourth-order valence-electron chi connectivity index (χ4n) is 2.12. The molecule has 4 nitrogen and oxygen atoms in total. The Morgan fingerprint density at radius 2 is 2.28 bits per heavy atom. The maximum Gasteiger partial charge on any atom is 0.414 e. The highest BCUT2D eigenvalue weighted by molar-refractivity contribution is 5.89. The summed E-state index contributed by atoms with van der Waals surface area (Å²) in [6, 6.07) is 5.85. The lowest BCUT2D eigenvalue weighted by atomic mass is 9.97. The van der Waals surface area contributed by atoms with E-state index in [1.807, 2.05) is 18.2 Å². The van der Waals surface area contributed by atoms with E-state index in [-0.39, 0.29) is 6.09 Å². The van der Waals surface area contributed by atoms with Crippen molar-refractivity contribution in [3.63, 3.8) is 0 Å². The zero-order valence-corrected chi connectivity index (χ0v) is 11.1. The van der Waals surface area contributed by atoms with Crippen LogP contribution in [0.15, 0.2) is 18.2 Å². The van der Waals surface area contributed by atoms with Crippen LogP contribution in [0.25, 0.3) is 0 Å². The van der Waals surface area contributed by atoms with Crippen LogP contribution in [0.5, 0.6) is 5.75 Å². The molecular formula is C14H19NO3. The molecule has 0 bridgehead atoms. The van der Waals surface area contributed by atoms with E-state index in [2.05, 4.69) is 13.8 Å². The van der Waals surface area contributed by atoms with Crippen LogP contribution >= 0.6 is 0 Å². The van der Waals surface area contributed by atoms with Crippen molar-refractivity contribution in [2.24, 2.45) is 0 Å². The number of amides is 1. The highest BCUT2D eigenvalue weighted by atomic mass is 16.6. The Bertz CT molecular complexity index is 445. The largest absolute Gasteiger partial charge is 0.496 e. The smallest absolute Gasteiger partial charge is 0.414 e. The number of ether oxygens (including phenoxy) is 2. The molecule has 18 heavy (non-hydrogen) atoms. The van der Waals surface area contributed by atoms with Crippen LogP contribution in [0, 0.1) is 0 Å². The lowest BCUT2D eigenvalue weighted by Crippen LogP contribution is -2.23. The van der Waals surface area contributed by atoms with Gasteiger partial charge in [0.2, 0.25) is 0 Å². The van der Waals surface area contributed by atoms with Crippen molar-refractivity contribution in [2.45, 2.75) is 26.2 Å². The van der Waals surface area contributed by atoms with Crippen LogP contribution < -0.4 is 9.64 Å². The molecule has 98 valence electrons. The van der Waals surface area contributed by atoms with Gasteiger partial charge in [0, 0.05) is 5.69 Å². The summed E-state index contributed by atoms with van der Waals surface area (Å²) in [5.41, 5.74) is 2.02. The van der Waals surface area contributed by atoms with Crippen LogP contribution in [0.3, 0.4) is 0 Å². The molecule has 4 heteroatoms. The number of hydrogen-bond acceptors (Lipinski definition) is 3. The van der Waals surface area contributed by atoms with Gasteiger partial charge in [-0.2, -0.15) is 0 Å². The number of rotatable bonds is 4. The van der Waals surface area contributed by atoms with E-state index in [0.717, 1.165) is 23.4 Å². The molecular weight excluding hydrogens is 230 g/mol. The summed E-state index contributed by atoms with van der Waals surface area (Å²) in [6.07, 6.45) is 0.764. The van der Waals surface area contributed by atoms with Gasteiger partial charge >= 0.3 is 6.09 Å². The summed E-state index contributed by atoms with van der Waals surface area (Å²) in [7, 11) is 1.67. The number of methoxy groups -OCH3 is 1. The summed E-state index contributed by atoms with van der Waals surface area (Å²) in [5.74, 6) is 1.28. The molecule has 1 heterocycles. The minimum atomic E-state index is -0.268. The number of hydrogen-bond donors (Lipinski definition) is 0. The molecule has 1 fully saturated rings. The van der Waals surface area contributed by atoms with E-state index in [1.165, 1.54) is 0 Å². The Balaban J connectivity index is 2.36. The molecule has 0 radical (unpaired) electrons. The molecule has 1 atom stereocenters. The zero-order chi connectivity index (χ0) is 13.1. The van der Waals surface area contributed by atoms with Crippen LogP contribution in [0.4, 0.5) is 10.5 Å².